The highest BCUT2D eigenvalue weighted by Crippen LogP contribution is 2.51. The van der Waals surface area contributed by atoms with Gasteiger partial charge in [0.05, 0.1) is 23.2 Å². The molecule has 58 heavy (non-hydrogen) atoms. The first-order valence-electron chi connectivity index (χ1n) is 21.1. The van der Waals surface area contributed by atoms with E-state index in [1.165, 1.54) is 5.57 Å². The molecule has 5 heterocycles. The summed E-state index contributed by atoms with van der Waals surface area (Å²) in [5, 5.41) is 36.9. The van der Waals surface area contributed by atoms with Crippen molar-refractivity contribution in [3.8, 4) is 35.4 Å². The van der Waals surface area contributed by atoms with E-state index < -0.39 is 35.9 Å². The number of Topliss-reactive ketones (excluding diaryl/α,β-unsaturated/α-hetero) is 1. The van der Waals surface area contributed by atoms with E-state index in [1.54, 1.807) is 0 Å². The Morgan fingerprint density at radius 3 is 2.81 bits per heavy atom. The fourth-order valence-corrected chi connectivity index (χ4v) is 10.9. The number of hydrogen-bond acceptors (Lipinski definition) is 9. The molecule has 1 saturated carbocycles. The van der Waals surface area contributed by atoms with Crippen molar-refractivity contribution in [2.75, 3.05) is 6.54 Å². The quantitative estimate of drug-likeness (QED) is 0.187. The maximum atomic E-state index is 13.2. The third kappa shape index (κ3) is 6.43. The van der Waals surface area contributed by atoms with Crippen LogP contribution in [0.4, 0.5) is 0 Å². The molecule has 0 radical (unpaired) electrons. The van der Waals surface area contributed by atoms with Crippen molar-refractivity contribution in [2.45, 2.75) is 108 Å². The number of aliphatic imine (C=N–C) groups is 1. The Bertz CT molecular complexity index is 2350. The molecule has 2 aromatic rings. The number of fused-ring (bicyclic) bond motifs is 6. The van der Waals surface area contributed by atoms with E-state index in [1.807, 2.05) is 61.8 Å². The molecule has 5 aliphatic heterocycles. The molecule has 10 unspecified atom stereocenters. The number of carbonyl (C=O) groups is 1. The number of benzene rings is 2. The number of aryl methyl sites for hydroxylation is 1. The smallest absolute Gasteiger partial charge is 0.252 e. The molecule has 1 fully saturated rings. The van der Waals surface area contributed by atoms with Crippen LogP contribution in [0.5, 0.6) is 11.5 Å². The van der Waals surface area contributed by atoms with E-state index >= 15 is 0 Å². The monoisotopic (exact) mass is 779 g/mol. The summed E-state index contributed by atoms with van der Waals surface area (Å²) in [4.78, 5) is 19.3. The summed E-state index contributed by atoms with van der Waals surface area (Å²) in [5.41, 5.74) is 15.6. The predicted octanol–water partition coefficient (Wildman–Crippen LogP) is 4.40. The number of nitrogens with one attached hydrogen (secondary N) is 2. The third-order valence-corrected chi connectivity index (χ3v) is 14.0. The highest BCUT2D eigenvalue weighted by molar-refractivity contribution is 6.08. The summed E-state index contributed by atoms with van der Waals surface area (Å²) in [7, 11) is 0. The highest BCUT2D eigenvalue weighted by Gasteiger charge is 2.52. The van der Waals surface area contributed by atoms with Crippen molar-refractivity contribution in [3.63, 3.8) is 0 Å². The van der Waals surface area contributed by atoms with Gasteiger partial charge >= 0.3 is 0 Å². The van der Waals surface area contributed by atoms with Crippen LogP contribution in [0, 0.1) is 47.0 Å². The van der Waals surface area contributed by atoms with Crippen LogP contribution in [-0.2, 0) is 11.2 Å². The van der Waals surface area contributed by atoms with Crippen molar-refractivity contribution >= 4 is 17.1 Å². The lowest BCUT2D eigenvalue weighted by atomic mass is 9.70. The summed E-state index contributed by atoms with van der Waals surface area (Å²) in [6.45, 7) is 2.65. The van der Waals surface area contributed by atoms with Gasteiger partial charge in [0.25, 0.3) is 6.23 Å². The van der Waals surface area contributed by atoms with Gasteiger partial charge in [0, 0.05) is 37.1 Å². The number of nitrogens with zero attached hydrogens (tertiary/aromatic N) is 1. The number of carbonyl (C=O) groups excluding carboxylic acids is 1. The second kappa shape index (κ2) is 14.7. The third-order valence-electron chi connectivity index (χ3n) is 14.0. The van der Waals surface area contributed by atoms with Gasteiger partial charge in [-0.1, -0.05) is 67.9 Å². The Kier molecular flexibility index (Phi) is 9.47. The Morgan fingerprint density at radius 1 is 1.12 bits per heavy atom. The molecule has 3 aliphatic carbocycles. The number of aliphatic hydroxyl groups is 3. The first-order chi connectivity index (χ1) is 28.2. The lowest BCUT2D eigenvalue weighted by molar-refractivity contribution is -0.888. The van der Waals surface area contributed by atoms with E-state index in [0.29, 0.717) is 30.9 Å². The molecule has 298 valence electrons. The molecule has 1 spiro atoms. The molecule has 10 atom stereocenters. The number of aliphatic hydroxyl groups excluding tert-OH is 3. The zero-order valence-electron chi connectivity index (χ0n) is 32.8. The van der Waals surface area contributed by atoms with Gasteiger partial charge in [-0.05, 0) is 95.5 Å². The Hall–Kier alpha value is -4.94. The number of quaternary nitrogens is 1. The average molecular weight is 780 g/mol. The van der Waals surface area contributed by atoms with Gasteiger partial charge < -0.3 is 35.8 Å². The highest BCUT2D eigenvalue weighted by atomic mass is 16.5. The molecule has 0 saturated heterocycles. The lowest BCUT2D eigenvalue weighted by Crippen LogP contribution is -3.13. The van der Waals surface area contributed by atoms with E-state index in [0.717, 1.165) is 88.1 Å². The molecule has 8 aliphatic rings. The molecular weight excluding hydrogens is 729 g/mol. The zero-order valence-corrected chi connectivity index (χ0v) is 32.8. The Labute approximate surface area is 339 Å². The van der Waals surface area contributed by atoms with E-state index in [-0.39, 0.29) is 42.5 Å². The fraction of sp³-hybridized carbons (Fsp3) is 0.458. The van der Waals surface area contributed by atoms with Crippen LogP contribution in [0.1, 0.15) is 111 Å². The summed E-state index contributed by atoms with van der Waals surface area (Å²) in [5.74, 6) is 10.9. The van der Waals surface area contributed by atoms with E-state index in [9.17, 15) is 20.1 Å². The van der Waals surface area contributed by atoms with Gasteiger partial charge in [0.1, 0.15) is 48.5 Å². The van der Waals surface area contributed by atoms with Crippen molar-refractivity contribution in [3.05, 3.63) is 100 Å². The number of ether oxygens (including phenoxy) is 2. The van der Waals surface area contributed by atoms with Crippen LogP contribution >= 0.6 is 0 Å². The maximum Gasteiger partial charge on any atom is 0.252 e. The number of nitrogens with two attached hydrogens (primary N) is 1. The summed E-state index contributed by atoms with van der Waals surface area (Å²) < 4.78 is 13.3. The normalized spacial score (nSPS) is 32.3. The summed E-state index contributed by atoms with van der Waals surface area (Å²) in [6, 6.07) is 9.79. The molecule has 10 rings (SSSR count). The van der Waals surface area contributed by atoms with Crippen LogP contribution in [0.2, 0.25) is 0 Å². The first kappa shape index (κ1) is 37.3. The van der Waals surface area contributed by atoms with E-state index in [2.05, 4.69) is 35.4 Å². The van der Waals surface area contributed by atoms with Gasteiger partial charge in [0.2, 0.25) is 0 Å². The largest absolute Gasteiger partial charge is 0.437 e. The number of allylic oxidation sites excluding steroid dienone is 3. The number of hydrogen-bond donors (Lipinski definition) is 6. The SMILES string of the molecule is CC1C=CC(C(O)CC(=O)CCc2ccc3c(c2)OC2C(C#CC(O)c4ccc5c6c4C(CCC6=CNC5N)C4=CN=C5C[NH+]2C=C45)C2(C#CO3)CCCC2)C(O)C1. The topological polar surface area (TPSA) is 151 Å². The van der Waals surface area contributed by atoms with Crippen molar-refractivity contribution in [2.24, 2.45) is 33.9 Å². The minimum atomic E-state index is -1.04. The van der Waals surface area contributed by atoms with Crippen LogP contribution in [0.3, 0.4) is 0 Å². The molecule has 2 bridgehead atoms. The zero-order chi connectivity index (χ0) is 39.7. The molecule has 10 heteroatoms. The van der Waals surface area contributed by atoms with Gasteiger partial charge in [-0.3, -0.25) is 14.7 Å². The van der Waals surface area contributed by atoms with Crippen molar-refractivity contribution in [1.29, 1.82) is 0 Å². The van der Waals surface area contributed by atoms with Gasteiger partial charge in [-0.15, -0.1) is 0 Å². The summed E-state index contributed by atoms with van der Waals surface area (Å²) >= 11 is 0. The molecule has 2 aromatic carbocycles. The lowest BCUT2D eigenvalue weighted by Gasteiger charge is -2.37. The molecule has 7 N–H and O–H groups in total. The predicted molar refractivity (Wildman–Crippen MR) is 219 cm³/mol. The first-order valence-corrected chi connectivity index (χ1v) is 21.1. The Balaban J connectivity index is 1.00. The average Bonchev–Trinajstić information content (AvgIpc) is 3.96. The minimum absolute atomic E-state index is 0.0132. The maximum absolute atomic E-state index is 13.2. The van der Waals surface area contributed by atoms with Gasteiger partial charge in [-0.25, -0.2) is 0 Å². The fourth-order valence-electron chi connectivity index (χ4n) is 10.9. The second-order valence-corrected chi connectivity index (χ2v) is 17.6. The standard InChI is InChI=1S/C48H50N4O6/c1-27-4-9-32(40(55)20-27)41(56)22-30(53)8-5-28-6-15-42-43(21-28)58-47-37(48(18-19-57-42)16-2-3-17-48)13-14-39(54)33-11-12-34-44-29(23-51-46(34)49)7-10-31(45(33)44)35-24-50-38-26-52(47)25-36(35)38/h4,6,9,11-12,15,21,23-25,27,31-32,37,39-41,46-47,51,54-56H,2-3,5,7-8,10,16-17,20,22,26,49H2,1H3/p+1. The molecule has 10 nitrogen and oxygen atoms in total. The van der Waals surface area contributed by atoms with Crippen molar-refractivity contribution in [1.82, 2.24) is 5.32 Å². The van der Waals surface area contributed by atoms with Crippen LogP contribution in [0.25, 0.3) is 5.57 Å². The minimum Gasteiger partial charge on any atom is -0.437 e. The van der Waals surface area contributed by atoms with E-state index in [4.69, 9.17) is 20.2 Å². The molecular formula is C48H51N4O6+. The van der Waals surface area contributed by atoms with Gasteiger partial charge in [0.15, 0.2) is 11.5 Å². The molecule has 0 aromatic heterocycles. The molecule has 0 amide bonds. The van der Waals surface area contributed by atoms with Crippen molar-refractivity contribution < 1.29 is 34.5 Å². The summed E-state index contributed by atoms with van der Waals surface area (Å²) in [6.07, 6.45) is 16.5. The number of ketones is 1. The van der Waals surface area contributed by atoms with Crippen LogP contribution in [-0.4, -0.2) is 51.8 Å². The number of rotatable bonds is 6. The van der Waals surface area contributed by atoms with Gasteiger partial charge in [-0.2, -0.15) is 0 Å². The van der Waals surface area contributed by atoms with Crippen LogP contribution in [0.15, 0.2) is 77.2 Å². The second-order valence-electron chi connectivity index (χ2n) is 17.6. The Morgan fingerprint density at radius 2 is 1.97 bits per heavy atom. The van der Waals surface area contributed by atoms with Crippen LogP contribution < -0.4 is 25.4 Å².